The Labute approximate surface area is 272 Å². The van der Waals surface area contributed by atoms with Gasteiger partial charge in [-0.2, -0.15) is 10.2 Å². The molecule has 1 atom stereocenters. The molecule has 0 amide bonds. The monoisotopic (exact) mass is 637 g/mol. The van der Waals surface area contributed by atoms with Gasteiger partial charge in [0, 0.05) is 50.7 Å². The molecule has 1 aromatic carbocycles. The molecule has 11 heteroatoms. The number of aromatic nitrogens is 4. The Hall–Kier alpha value is -4.84. The quantitative estimate of drug-likeness (QED) is 0.146. The fraction of sp³-hybridized carbons (Fsp3) is 0.333. The number of unbranched alkanes of at least 4 members (excludes halogenated alkanes) is 1. The van der Waals surface area contributed by atoms with E-state index in [2.05, 4.69) is 53.4 Å². The number of nitrogens with zero attached hydrogens (tertiary/aromatic N) is 5. The van der Waals surface area contributed by atoms with Crippen LogP contribution in [-0.4, -0.2) is 72.5 Å². The number of rotatable bonds is 11. The number of aliphatic carboxylic acids is 2. The summed E-state index contributed by atoms with van der Waals surface area (Å²) in [6, 6.07) is 25.3. The molecule has 5 aromatic rings. The third kappa shape index (κ3) is 7.94. The van der Waals surface area contributed by atoms with E-state index >= 15 is 0 Å². The molecule has 0 saturated carbocycles. The molecule has 7 rings (SSSR count). The van der Waals surface area contributed by atoms with Crippen molar-refractivity contribution in [2.75, 3.05) is 26.2 Å². The van der Waals surface area contributed by atoms with Crippen LogP contribution in [0.1, 0.15) is 54.3 Å². The molecule has 4 aromatic heterocycles. The number of carboxylic acid groups (broad SMARTS) is 2. The lowest BCUT2D eigenvalue weighted by molar-refractivity contribution is -0.134. The van der Waals surface area contributed by atoms with Crippen molar-refractivity contribution in [3.8, 4) is 0 Å². The molecule has 2 aliphatic rings. The van der Waals surface area contributed by atoms with Crippen molar-refractivity contribution in [3.63, 3.8) is 0 Å². The van der Waals surface area contributed by atoms with Crippen molar-refractivity contribution in [3.05, 3.63) is 120 Å². The van der Waals surface area contributed by atoms with Crippen LogP contribution >= 0.6 is 0 Å². The number of hydrogen-bond acceptors (Lipinski definition) is 7. The molecule has 6 heterocycles. The van der Waals surface area contributed by atoms with Crippen molar-refractivity contribution in [1.29, 1.82) is 0 Å². The average molecular weight is 638 g/mol. The molecule has 0 bridgehead atoms. The predicted octanol–water partition coefficient (Wildman–Crippen LogP) is 5.30. The highest BCUT2D eigenvalue weighted by molar-refractivity contribution is 5.89. The largest absolute Gasteiger partial charge is 0.478 e. The summed E-state index contributed by atoms with van der Waals surface area (Å²) in [4.78, 5) is 21.7. The zero-order chi connectivity index (χ0) is 32.6. The number of benzene rings is 1. The first-order valence-corrected chi connectivity index (χ1v) is 16.0. The van der Waals surface area contributed by atoms with Gasteiger partial charge in [0.25, 0.3) is 0 Å². The van der Waals surface area contributed by atoms with Crippen LogP contribution in [0, 0.1) is 0 Å². The maximum absolute atomic E-state index is 9.55. The number of piperidine rings is 1. The van der Waals surface area contributed by atoms with Crippen molar-refractivity contribution >= 4 is 23.0 Å². The standard InChI is InChI=1S/C32H35N5O2.C4H4O4/c1-2-12-29-25(9-1)24-39-32(29)13-18-35(19-14-32)15-7-8-20-38-31(30-23-28-11-4-6-17-37(28)34-30)22-26-21-27-10-3-5-16-36(27)33-26;5-3(6)1-2-4(7)8/h1-6,9-12,16-17,21,23,31H,7-8,13-15,18-20,22,24H2;1-2H,(H,5,6)(H,7,8). The van der Waals surface area contributed by atoms with Gasteiger partial charge in [-0.25, -0.2) is 18.6 Å². The van der Waals surface area contributed by atoms with Crippen molar-refractivity contribution in [2.24, 2.45) is 0 Å². The maximum Gasteiger partial charge on any atom is 0.328 e. The number of carbonyl (C=O) groups is 2. The highest BCUT2D eigenvalue weighted by Crippen LogP contribution is 2.44. The average Bonchev–Trinajstić information content (AvgIpc) is 3.80. The zero-order valence-corrected chi connectivity index (χ0v) is 26.1. The van der Waals surface area contributed by atoms with Crippen LogP contribution in [0.25, 0.3) is 11.0 Å². The fourth-order valence-corrected chi connectivity index (χ4v) is 6.39. The normalized spacial score (nSPS) is 16.3. The van der Waals surface area contributed by atoms with Gasteiger partial charge in [0.15, 0.2) is 0 Å². The third-order valence-electron chi connectivity index (χ3n) is 8.77. The number of likely N-dealkylation sites (tertiary alicyclic amines) is 1. The Balaban J connectivity index is 0.000000431. The van der Waals surface area contributed by atoms with Crippen LogP contribution in [0.3, 0.4) is 0 Å². The van der Waals surface area contributed by atoms with Gasteiger partial charge in [-0.3, -0.25) is 0 Å². The van der Waals surface area contributed by atoms with E-state index in [1.807, 2.05) is 45.7 Å². The molecule has 11 nitrogen and oxygen atoms in total. The second kappa shape index (κ2) is 14.7. The second-order valence-corrected chi connectivity index (χ2v) is 11.9. The number of pyridine rings is 2. The van der Waals surface area contributed by atoms with E-state index in [0.717, 1.165) is 74.3 Å². The summed E-state index contributed by atoms with van der Waals surface area (Å²) in [6.45, 7) is 4.75. The molecule has 244 valence electrons. The second-order valence-electron chi connectivity index (χ2n) is 11.9. The molecule has 2 N–H and O–H groups in total. The van der Waals surface area contributed by atoms with Crippen molar-refractivity contribution in [2.45, 2.75) is 50.4 Å². The lowest BCUT2D eigenvalue weighted by Gasteiger charge is -2.39. The highest BCUT2D eigenvalue weighted by atomic mass is 16.5. The first kappa shape index (κ1) is 32.1. The van der Waals surface area contributed by atoms with Gasteiger partial charge in [0.05, 0.1) is 34.6 Å². The molecule has 47 heavy (non-hydrogen) atoms. The molecule has 0 radical (unpaired) electrons. The number of hydrogen-bond donors (Lipinski definition) is 2. The van der Waals surface area contributed by atoms with Gasteiger partial charge < -0.3 is 24.6 Å². The van der Waals surface area contributed by atoms with Gasteiger partial charge in [0.1, 0.15) is 6.10 Å². The Morgan fingerprint density at radius 1 is 0.872 bits per heavy atom. The Morgan fingerprint density at radius 2 is 1.53 bits per heavy atom. The summed E-state index contributed by atoms with van der Waals surface area (Å²) in [5, 5.41) is 25.2. The highest BCUT2D eigenvalue weighted by Gasteiger charge is 2.42. The minimum Gasteiger partial charge on any atom is -0.478 e. The van der Waals surface area contributed by atoms with E-state index in [4.69, 9.17) is 29.9 Å². The van der Waals surface area contributed by atoms with E-state index in [1.54, 1.807) is 0 Å². The van der Waals surface area contributed by atoms with E-state index in [0.29, 0.717) is 25.2 Å². The number of ether oxygens (including phenoxy) is 2. The minimum atomic E-state index is -1.26. The van der Waals surface area contributed by atoms with E-state index < -0.39 is 11.9 Å². The van der Waals surface area contributed by atoms with Crippen LogP contribution in [0.2, 0.25) is 0 Å². The van der Waals surface area contributed by atoms with Gasteiger partial charge in [-0.05, 0) is 79.8 Å². The smallest absolute Gasteiger partial charge is 0.328 e. The summed E-state index contributed by atoms with van der Waals surface area (Å²) in [6.07, 6.45) is 9.95. The molecule has 1 spiro atoms. The van der Waals surface area contributed by atoms with Crippen molar-refractivity contribution < 1.29 is 29.3 Å². The Kier molecular flexibility index (Phi) is 10.1. The van der Waals surface area contributed by atoms with E-state index in [1.165, 1.54) is 11.1 Å². The molecule has 2 aliphatic heterocycles. The fourth-order valence-electron chi connectivity index (χ4n) is 6.39. The lowest BCUT2D eigenvalue weighted by atomic mass is 9.84. The van der Waals surface area contributed by atoms with E-state index in [-0.39, 0.29) is 11.7 Å². The van der Waals surface area contributed by atoms with Gasteiger partial charge >= 0.3 is 11.9 Å². The minimum absolute atomic E-state index is 0.0601. The molecule has 1 unspecified atom stereocenters. The zero-order valence-electron chi connectivity index (χ0n) is 26.1. The number of fused-ring (bicyclic) bond motifs is 4. The first-order chi connectivity index (χ1) is 22.9. The summed E-state index contributed by atoms with van der Waals surface area (Å²) in [5.41, 5.74) is 6.87. The molecule has 1 fully saturated rings. The van der Waals surface area contributed by atoms with Crippen LogP contribution in [0.4, 0.5) is 0 Å². The molecular formula is C36H39N5O6. The SMILES string of the molecule is O=C(O)C=CC(=O)O.c1ccc2c(c1)COC21CCN(CCCCOC(Cc2cc3ccccn3n2)c2cc3ccccn3n2)CC1. The van der Waals surface area contributed by atoms with Gasteiger partial charge in [0.2, 0.25) is 0 Å². The summed E-state index contributed by atoms with van der Waals surface area (Å²) in [7, 11) is 0. The van der Waals surface area contributed by atoms with Crippen LogP contribution < -0.4 is 0 Å². The van der Waals surface area contributed by atoms with Gasteiger partial charge in [-0.1, -0.05) is 36.4 Å². The number of carboxylic acids is 2. The summed E-state index contributed by atoms with van der Waals surface area (Å²) < 4.78 is 16.7. The van der Waals surface area contributed by atoms with Crippen LogP contribution in [0.15, 0.2) is 97.3 Å². The molecule has 1 saturated heterocycles. The topological polar surface area (TPSA) is 131 Å². The molecule has 0 aliphatic carbocycles. The van der Waals surface area contributed by atoms with Crippen LogP contribution in [0.5, 0.6) is 0 Å². The summed E-state index contributed by atoms with van der Waals surface area (Å²) in [5.74, 6) is -2.51. The van der Waals surface area contributed by atoms with Crippen LogP contribution in [-0.2, 0) is 37.7 Å². The third-order valence-corrected chi connectivity index (χ3v) is 8.77. The summed E-state index contributed by atoms with van der Waals surface area (Å²) >= 11 is 0. The molecular weight excluding hydrogens is 598 g/mol. The Morgan fingerprint density at radius 3 is 2.21 bits per heavy atom. The van der Waals surface area contributed by atoms with Crippen molar-refractivity contribution in [1.82, 2.24) is 24.1 Å². The predicted molar refractivity (Wildman–Crippen MR) is 175 cm³/mol. The maximum atomic E-state index is 9.55. The Bertz CT molecular complexity index is 1770. The van der Waals surface area contributed by atoms with E-state index in [9.17, 15) is 9.59 Å². The first-order valence-electron chi connectivity index (χ1n) is 16.0. The van der Waals surface area contributed by atoms with Gasteiger partial charge in [-0.15, -0.1) is 0 Å². The lowest BCUT2D eigenvalue weighted by Crippen LogP contribution is -2.42.